The van der Waals surface area contributed by atoms with E-state index in [0.29, 0.717) is 18.9 Å². The van der Waals surface area contributed by atoms with Gasteiger partial charge in [-0.15, -0.1) is 0 Å². The van der Waals surface area contributed by atoms with Gasteiger partial charge in [0.25, 0.3) is 0 Å². The lowest BCUT2D eigenvalue weighted by molar-refractivity contribution is 0.187. The number of ether oxygens (including phenoxy) is 1. The zero-order valence-corrected chi connectivity index (χ0v) is 11.4. The second-order valence-electron chi connectivity index (χ2n) is 5.03. The Labute approximate surface area is 109 Å². The molecular weight excluding hydrogens is 230 g/mol. The molecule has 0 aliphatic rings. The molecule has 0 bridgehead atoms. The third kappa shape index (κ3) is 4.55. The van der Waals surface area contributed by atoms with Crippen LogP contribution in [0.3, 0.4) is 0 Å². The van der Waals surface area contributed by atoms with Crippen LogP contribution >= 0.6 is 0 Å². The van der Waals surface area contributed by atoms with Crippen LogP contribution < -0.4 is 10.1 Å². The SMILES string of the molecule is CCCOc1ccc(CNC(C)(C)CO)c(O)c1. The average Bonchev–Trinajstić information content (AvgIpc) is 2.35. The molecule has 0 amide bonds. The lowest BCUT2D eigenvalue weighted by Gasteiger charge is -2.23. The van der Waals surface area contributed by atoms with Gasteiger partial charge in [0.2, 0.25) is 0 Å². The smallest absolute Gasteiger partial charge is 0.123 e. The molecule has 0 aliphatic carbocycles. The molecule has 0 fully saturated rings. The summed E-state index contributed by atoms with van der Waals surface area (Å²) in [6.45, 7) is 7.05. The van der Waals surface area contributed by atoms with E-state index >= 15 is 0 Å². The molecule has 0 radical (unpaired) electrons. The third-order valence-electron chi connectivity index (χ3n) is 2.68. The number of aromatic hydroxyl groups is 1. The van der Waals surface area contributed by atoms with E-state index in [1.54, 1.807) is 6.07 Å². The molecule has 3 N–H and O–H groups in total. The van der Waals surface area contributed by atoms with Gasteiger partial charge in [-0.05, 0) is 26.3 Å². The van der Waals surface area contributed by atoms with Gasteiger partial charge in [-0.1, -0.05) is 13.0 Å². The topological polar surface area (TPSA) is 61.7 Å². The van der Waals surface area contributed by atoms with Crippen molar-refractivity contribution >= 4 is 0 Å². The van der Waals surface area contributed by atoms with Crippen LogP contribution in [0.2, 0.25) is 0 Å². The van der Waals surface area contributed by atoms with Crippen molar-refractivity contribution in [2.24, 2.45) is 0 Å². The first kappa shape index (κ1) is 14.8. The summed E-state index contributed by atoms with van der Waals surface area (Å²) in [6, 6.07) is 5.30. The second kappa shape index (κ2) is 6.61. The van der Waals surface area contributed by atoms with E-state index in [2.05, 4.69) is 5.32 Å². The highest BCUT2D eigenvalue weighted by Crippen LogP contribution is 2.24. The summed E-state index contributed by atoms with van der Waals surface area (Å²) in [5.41, 5.74) is 0.435. The number of phenols is 1. The van der Waals surface area contributed by atoms with Crippen LogP contribution in [0.5, 0.6) is 11.5 Å². The predicted octanol–water partition coefficient (Wildman–Crippen LogP) is 2.04. The van der Waals surface area contributed by atoms with Gasteiger partial charge in [-0.3, -0.25) is 0 Å². The van der Waals surface area contributed by atoms with Gasteiger partial charge >= 0.3 is 0 Å². The highest BCUT2D eigenvalue weighted by molar-refractivity contribution is 5.39. The summed E-state index contributed by atoms with van der Waals surface area (Å²) in [5.74, 6) is 0.893. The fraction of sp³-hybridized carbons (Fsp3) is 0.571. The van der Waals surface area contributed by atoms with Gasteiger partial charge in [0.1, 0.15) is 11.5 Å². The van der Waals surface area contributed by atoms with Crippen molar-refractivity contribution in [2.45, 2.75) is 39.3 Å². The molecule has 0 heterocycles. The fourth-order valence-electron chi connectivity index (χ4n) is 1.39. The van der Waals surface area contributed by atoms with Crippen LogP contribution in [0, 0.1) is 0 Å². The molecule has 4 nitrogen and oxygen atoms in total. The van der Waals surface area contributed by atoms with Crippen LogP contribution in [0.4, 0.5) is 0 Å². The van der Waals surface area contributed by atoms with Crippen LogP contribution in [0.25, 0.3) is 0 Å². The molecule has 4 heteroatoms. The minimum atomic E-state index is -0.357. The summed E-state index contributed by atoms with van der Waals surface area (Å²) < 4.78 is 5.44. The molecule has 102 valence electrons. The van der Waals surface area contributed by atoms with E-state index in [-0.39, 0.29) is 17.9 Å². The zero-order valence-electron chi connectivity index (χ0n) is 11.4. The molecule has 0 aromatic heterocycles. The first-order valence-corrected chi connectivity index (χ1v) is 6.29. The normalized spacial score (nSPS) is 11.6. The van der Waals surface area contributed by atoms with Crippen molar-refractivity contribution in [3.05, 3.63) is 23.8 Å². The third-order valence-corrected chi connectivity index (χ3v) is 2.68. The van der Waals surface area contributed by atoms with Gasteiger partial charge in [0.15, 0.2) is 0 Å². The molecule has 1 rings (SSSR count). The number of aliphatic hydroxyl groups is 1. The van der Waals surface area contributed by atoms with Gasteiger partial charge in [0.05, 0.1) is 13.2 Å². The van der Waals surface area contributed by atoms with Crippen molar-refractivity contribution in [3.63, 3.8) is 0 Å². The molecule has 0 saturated carbocycles. The maximum absolute atomic E-state index is 9.88. The first-order valence-electron chi connectivity index (χ1n) is 6.29. The number of benzene rings is 1. The number of hydrogen-bond donors (Lipinski definition) is 3. The van der Waals surface area contributed by atoms with E-state index in [1.807, 2.05) is 32.9 Å². The number of hydrogen-bond acceptors (Lipinski definition) is 4. The maximum Gasteiger partial charge on any atom is 0.123 e. The standard InChI is InChI=1S/C14H23NO3/c1-4-7-18-12-6-5-11(13(17)8-12)9-15-14(2,3)10-16/h5-6,8,15-17H,4,7,9-10H2,1-3H3. The van der Waals surface area contributed by atoms with Crippen molar-refractivity contribution < 1.29 is 14.9 Å². The number of rotatable bonds is 7. The average molecular weight is 253 g/mol. The fourth-order valence-corrected chi connectivity index (χ4v) is 1.39. The van der Waals surface area contributed by atoms with Crippen LogP contribution in [0.1, 0.15) is 32.8 Å². The molecule has 0 unspecified atom stereocenters. The van der Waals surface area contributed by atoms with Gasteiger partial charge in [-0.2, -0.15) is 0 Å². The second-order valence-corrected chi connectivity index (χ2v) is 5.03. The lowest BCUT2D eigenvalue weighted by Crippen LogP contribution is -2.42. The van der Waals surface area contributed by atoms with Crippen molar-refractivity contribution in [1.82, 2.24) is 5.32 Å². The molecule has 1 aromatic rings. The Morgan fingerprint density at radius 1 is 1.33 bits per heavy atom. The molecule has 0 saturated heterocycles. The summed E-state index contributed by atoms with van der Waals surface area (Å²) in [7, 11) is 0. The molecule has 1 aromatic carbocycles. The molecule has 0 spiro atoms. The Balaban J connectivity index is 2.62. The Kier molecular flexibility index (Phi) is 5.44. The number of nitrogens with one attached hydrogen (secondary N) is 1. The summed E-state index contributed by atoms with van der Waals surface area (Å²) >= 11 is 0. The first-order chi connectivity index (χ1) is 8.48. The van der Waals surface area contributed by atoms with Gasteiger partial charge < -0.3 is 20.3 Å². The predicted molar refractivity (Wildman–Crippen MR) is 71.9 cm³/mol. The lowest BCUT2D eigenvalue weighted by atomic mass is 10.1. The molecule has 18 heavy (non-hydrogen) atoms. The largest absolute Gasteiger partial charge is 0.507 e. The Morgan fingerprint density at radius 2 is 2.06 bits per heavy atom. The Bertz CT molecular complexity index is 377. The monoisotopic (exact) mass is 253 g/mol. The Morgan fingerprint density at radius 3 is 2.61 bits per heavy atom. The van der Waals surface area contributed by atoms with Crippen molar-refractivity contribution in [2.75, 3.05) is 13.2 Å². The Hall–Kier alpha value is -1.26. The maximum atomic E-state index is 9.88. The van der Waals surface area contributed by atoms with Gasteiger partial charge in [0, 0.05) is 23.7 Å². The molecule has 0 aliphatic heterocycles. The van der Waals surface area contributed by atoms with Crippen LogP contribution in [0.15, 0.2) is 18.2 Å². The molecular formula is C14H23NO3. The van der Waals surface area contributed by atoms with Crippen LogP contribution in [-0.2, 0) is 6.54 Å². The van der Waals surface area contributed by atoms with E-state index in [1.165, 1.54) is 0 Å². The van der Waals surface area contributed by atoms with Crippen LogP contribution in [-0.4, -0.2) is 29.0 Å². The number of phenolic OH excluding ortho intramolecular Hbond substituents is 1. The highest BCUT2D eigenvalue weighted by Gasteiger charge is 2.15. The zero-order chi connectivity index (χ0) is 13.6. The van der Waals surface area contributed by atoms with E-state index in [9.17, 15) is 5.11 Å². The summed E-state index contributed by atoms with van der Waals surface area (Å²) in [4.78, 5) is 0. The number of aliphatic hydroxyl groups excluding tert-OH is 1. The van der Waals surface area contributed by atoms with Crippen molar-refractivity contribution in [3.8, 4) is 11.5 Å². The van der Waals surface area contributed by atoms with Gasteiger partial charge in [-0.25, -0.2) is 0 Å². The van der Waals surface area contributed by atoms with E-state index in [0.717, 1.165) is 12.0 Å². The van der Waals surface area contributed by atoms with Crippen molar-refractivity contribution in [1.29, 1.82) is 0 Å². The molecule has 0 atom stereocenters. The minimum Gasteiger partial charge on any atom is -0.507 e. The highest BCUT2D eigenvalue weighted by atomic mass is 16.5. The quantitative estimate of drug-likeness (QED) is 0.696. The minimum absolute atomic E-state index is 0.0471. The summed E-state index contributed by atoms with van der Waals surface area (Å²) in [5, 5.41) is 22.2. The summed E-state index contributed by atoms with van der Waals surface area (Å²) in [6.07, 6.45) is 0.939. The van der Waals surface area contributed by atoms with E-state index < -0.39 is 0 Å². The van der Waals surface area contributed by atoms with E-state index in [4.69, 9.17) is 9.84 Å².